The molecule has 0 aliphatic heterocycles. The summed E-state index contributed by atoms with van der Waals surface area (Å²) in [6.07, 6.45) is 5.50. The molecule has 0 aromatic carbocycles. The van der Waals surface area contributed by atoms with Crippen molar-refractivity contribution >= 4 is 18.0 Å². The summed E-state index contributed by atoms with van der Waals surface area (Å²) in [5.41, 5.74) is 0. The van der Waals surface area contributed by atoms with E-state index >= 15 is 0 Å². The minimum atomic E-state index is -0.720. The van der Waals surface area contributed by atoms with E-state index in [1.165, 1.54) is 0 Å². The van der Waals surface area contributed by atoms with Gasteiger partial charge >= 0.3 is 12.1 Å². The number of rotatable bonds is 14. The fraction of sp³-hybridized carbons (Fsp3) is 0.842. The summed E-state index contributed by atoms with van der Waals surface area (Å²) < 4.78 is 10.1. The van der Waals surface area contributed by atoms with Crippen LogP contribution in [0, 0.1) is 0 Å². The molecule has 26 heavy (non-hydrogen) atoms. The summed E-state index contributed by atoms with van der Waals surface area (Å²) in [6, 6.07) is -1.41. The van der Waals surface area contributed by atoms with Gasteiger partial charge in [0.05, 0.1) is 13.2 Å². The number of nitrogens with one attached hydrogen (secondary N) is 2. The lowest BCUT2D eigenvalue weighted by Gasteiger charge is -2.22. The van der Waals surface area contributed by atoms with Crippen LogP contribution in [0.1, 0.15) is 79.1 Å². The van der Waals surface area contributed by atoms with Gasteiger partial charge in [0.2, 0.25) is 5.91 Å². The molecule has 2 unspecified atom stereocenters. The predicted molar refractivity (Wildman–Crippen MR) is 101 cm³/mol. The second kappa shape index (κ2) is 15.5. The first-order valence-electron chi connectivity index (χ1n) is 9.90. The zero-order valence-corrected chi connectivity index (χ0v) is 16.8. The van der Waals surface area contributed by atoms with E-state index in [1.807, 2.05) is 20.8 Å². The molecule has 0 saturated carbocycles. The standard InChI is InChI=1S/C19H36N2O5/c1-5-9-12-15(21-19(24)26-14-11-7-3)17(22)20-16(13-10-6-2)18(23)25-8-4/h15-16H,5-14H2,1-4H3,(H,20,22)(H,21,24). The van der Waals surface area contributed by atoms with Crippen molar-refractivity contribution in [1.29, 1.82) is 0 Å². The van der Waals surface area contributed by atoms with Gasteiger partial charge in [-0.25, -0.2) is 9.59 Å². The molecule has 2 amide bonds. The Morgan fingerprint density at radius 1 is 0.769 bits per heavy atom. The van der Waals surface area contributed by atoms with Crippen molar-refractivity contribution in [2.24, 2.45) is 0 Å². The van der Waals surface area contributed by atoms with Crippen molar-refractivity contribution in [1.82, 2.24) is 10.6 Å². The molecule has 7 heteroatoms. The van der Waals surface area contributed by atoms with Crippen LogP contribution in [0.15, 0.2) is 0 Å². The number of unbranched alkanes of at least 4 members (excludes halogenated alkanes) is 3. The van der Waals surface area contributed by atoms with Crippen LogP contribution in [0.4, 0.5) is 4.79 Å². The van der Waals surface area contributed by atoms with Crippen molar-refractivity contribution in [3.8, 4) is 0 Å². The summed E-state index contributed by atoms with van der Waals surface area (Å²) in [5, 5.41) is 5.35. The van der Waals surface area contributed by atoms with Crippen LogP contribution < -0.4 is 10.6 Å². The molecule has 2 N–H and O–H groups in total. The van der Waals surface area contributed by atoms with Gasteiger partial charge in [0.15, 0.2) is 0 Å². The molecule has 0 spiro atoms. The van der Waals surface area contributed by atoms with E-state index in [2.05, 4.69) is 10.6 Å². The third-order valence-electron chi connectivity index (χ3n) is 3.92. The normalized spacial score (nSPS) is 12.8. The minimum absolute atomic E-state index is 0.262. The summed E-state index contributed by atoms with van der Waals surface area (Å²) in [7, 11) is 0. The summed E-state index contributed by atoms with van der Waals surface area (Å²) >= 11 is 0. The average Bonchev–Trinajstić information content (AvgIpc) is 2.62. The van der Waals surface area contributed by atoms with E-state index in [-0.39, 0.29) is 12.5 Å². The number of carbonyl (C=O) groups excluding carboxylic acids is 3. The van der Waals surface area contributed by atoms with Crippen LogP contribution >= 0.6 is 0 Å². The minimum Gasteiger partial charge on any atom is -0.464 e. The Labute approximate surface area is 157 Å². The van der Waals surface area contributed by atoms with E-state index in [1.54, 1.807) is 6.92 Å². The van der Waals surface area contributed by atoms with Gasteiger partial charge in [-0.2, -0.15) is 0 Å². The zero-order chi connectivity index (χ0) is 19.8. The van der Waals surface area contributed by atoms with Gasteiger partial charge in [-0.3, -0.25) is 4.79 Å². The van der Waals surface area contributed by atoms with Crippen molar-refractivity contribution in [2.45, 2.75) is 91.1 Å². The number of amides is 2. The molecule has 0 aromatic heterocycles. The second-order valence-corrected chi connectivity index (χ2v) is 6.28. The van der Waals surface area contributed by atoms with Crippen molar-refractivity contribution < 1.29 is 23.9 Å². The molecule has 0 saturated heterocycles. The Hall–Kier alpha value is -1.79. The highest BCUT2D eigenvalue weighted by atomic mass is 16.5. The maximum Gasteiger partial charge on any atom is 0.407 e. The molecule has 0 bridgehead atoms. The van der Waals surface area contributed by atoms with Gasteiger partial charge in [0.25, 0.3) is 0 Å². The van der Waals surface area contributed by atoms with Gasteiger partial charge in [0, 0.05) is 0 Å². The molecule has 0 aliphatic rings. The summed E-state index contributed by atoms with van der Waals surface area (Å²) in [6.45, 7) is 8.35. The highest BCUT2D eigenvalue weighted by Gasteiger charge is 2.27. The molecule has 0 aromatic rings. The van der Waals surface area contributed by atoms with E-state index in [4.69, 9.17) is 9.47 Å². The van der Waals surface area contributed by atoms with Crippen LogP contribution in [0.2, 0.25) is 0 Å². The molecular formula is C19H36N2O5. The van der Waals surface area contributed by atoms with E-state index in [0.717, 1.165) is 38.5 Å². The van der Waals surface area contributed by atoms with E-state index in [0.29, 0.717) is 19.4 Å². The quantitative estimate of drug-likeness (QED) is 0.360. The van der Waals surface area contributed by atoms with Crippen LogP contribution in [-0.2, 0) is 19.1 Å². The molecule has 0 heterocycles. The smallest absolute Gasteiger partial charge is 0.407 e. The second-order valence-electron chi connectivity index (χ2n) is 6.28. The Morgan fingerprint density at radius 3 is 1.88 bits per heavy atom. The zero-order valence-electron chi connectivity index (χ0n) is 16.8. The Morgan fingerprint density at radius 2 is 1.35 bits per heavy atom. The molecule has 0 aliphatic carbocycles. The third-order valence-corrected chi connectivity index (χ3v) is 3.92. The lowest BCUT2D eigenvalue weighted by atomic mass is 10.1. The first-order valence-corrected chi connectivity index (χ1v) is 9.90. The summed E-state index contributed by atoms with van der Waals surface area (Å²) in [5.74, 6) is -0.811. The van der Waals surface area contributed by atoms with Gasteiger partial charge in [-0.1, -0.05) is 52.9 Å². The monoisotopic (exact) mass is 372 g/mol. The first-order chi connectivity index (χ1) is 12.5. The third kappa shape index (κ3) is 10.9. The van der Waals surface area contributed by atoms with Crippen molar-refractivity contribution in [2.75, 3.05) is 13.2 Å². The van der Waals surface area contributed by atoms with Crippen LogP contribution in [0.5, 0.6) is 0 Å². The number of carbonyl (C=O) groups is 3. The number of esters is 1. The fourth-order valence-corrected chi connectivity index (χ4v) is 2.34. The largest absolute Gasteiger partial charge is 0.464 e. The maximum absolute atomic E-state index is 12.6. The van der Waals surface area contributed by atoms with Crippen molar-refractivity contribution in [3.05, 3.63) is 0 Å². The topological polar surface area (TPSA) is 93.7 Å². The van der Waals surface area contributed by atoms with Crippen LogP contribution in [-0.4, -0.2) is 43.3 Å². The highest BCUT2D eigenvalue weighted by molar-refractivity contribution is 5.89. The lowest BCUT2D eigenvalue weighted by molar-refractivity contribution is -0.147. The molecule has 152 valence electrons. The van der Waals surface area contributed by atoms with Gasteiger partial charge in [-0.05, 0) is 26.2 Å². The Kier molecular flexibility index (Phi) is 14.4. The van der Waals surface area contributed by atoms with E-state index in [9.17, 15) is 14.4 Å². The van der Waals surface area contributed by atoms with Crippen LogP contribution in [0.25, 0.3) is 0 Å². The van der Waals surface area contributed by atoms with Crippen LogP contribution in [0.3, 0.4) is 0 Å². The lowest BCUT2D eigenvalue weighted by Crippen LogP contribution is -2.52. The number of hydrogen-bond acceptors (Lipinski definition) is 5. The molecule has 0 rings (SSSR count). The fourth-order valence-electron chi connectivity index (χ4n) is 2.34. The molecule has 7 nitrogen and oxygen atoms in total. The predicted octanol–water partition coefficient (Wildman–Crippen LogP) is 3.31. The first kappa shape index (κ1) is 24.2. The highest BCUT2D eigenvalue weighted by Crippen LogP contribution is 2.07. The maximum atomic E-state index is 12.6. The number of alkyl carbamates (subject to hydrolysis) is 1. The molecule has 0 fully saturated rings. The number of ether oxygens (including phenoxy) is 2. The van der Waals surface area contributed by atoms with E-state index < -0.39 is 24.1 Å². The van der Waals surface area contributed by atoms with Gasteiger partial charge < -0.3 is 20.1 Å². The Bertz CT molecular complexity index is 415. The summed E-state index contributed by atoms with van der Waals surface area (Å²) in [4.78, 5) is 36.6. The average molecular weight is 373 g/mol. The number of hydrogen-bond donors (Lipinski definition) is 2. The van der Waals surface area contributed by atoms with Crippen molar-refractivity contribution in [3.63, 3.8) is 0 Å². The van der Waals surface area contributed by atoms with Gasteiger partial charge in [-0.15, -0.1) is 0 Å². The molecule has 2 atom stereocenters. The molecule has 0 radical (unpaired) electrons. The van der Waals surface area contributed by atoms with Gasteiger partial charge in [0.1, 0.15) is 12.1 Å². The molecular weight excluding hydrogens is 336 g/mol. The SMILES string of the molecule is CCCCOC(=O)NC(CCCC)C(=O)NC(CCCC)C(=O)OCC. The Balaban J connectivity index is 4.83.